The molecule has 1 heterocycles. The van der Waals surface area contributed by atoms with Crippen LogP contribution in [0.4, 0.5) is 0 Å². The molecule has 1 aromatic rings. The lowest BCUT2D eigenvalue weighted by Crippen LogP contribution is -2.50. The van der Waals surface area contributed by atoms with Crippen LogP contribution in [0.1, 0.15) is 27.2 Å². The van der Waals surface area contributed by atoms with Crippen molar-refractivity contribution >= 4 is 17.7 Å². The van der Waals surface area contributed by atoms with Crippen molar-refractivity contribution < 1.29 is 9.53 Å². The third-order valence-electron chi connectivity index (χ3n) is 2.68. The van der Waals surface area contributed by atoms with Crippen LogP contribution in [0.3, 0.4) is 0 Å². The van der Waals surface area contributed by atoms with E-state index in [1.165, 1.54) is 0 Å². The van der Waals surface area contributed by atoms with Crippen molar-refractivity contribution in [3.05, 3.63) is 18.6 Å². The van der Waals surface area contributed by atoms with E-state index < -0.39 is 5.54 Å². The Morgan fingerprint density at radius 2 is 2.26 bits per heavy atom. The van der Waals surface area contributed by atoms with E-state index in [9.17, 15) is 4.79 Å². The SMILES string of the molecule is CCNC(C)(CCSc1cnccn1)C(=O)OCC. The Hall–Kier alpha value is -1.14. The summed E-state index contributed by atoms with van der Waals surface area (Å²) in [6.45, 7) is 6.81. The molecule has 1 rings (SSSR count). The van der Waals surface area contributed by atoms with Gasteiger partial charge in [0.25, 0.3) is 0 Å². The maximum Gasteiger partial charge on any atom is 0.326 e. The van der Waals surface area contributed by atoms with Crippen LogP contribution < -0.4 is 5.32 Å². The molecule has 1 unspecified atom stereocenters. The van der Waals surface area contributed by atoms with E-state index >= 15 is 0 Å². The third-order valence-corrected chi connectivity index (χ3v) is 3.60. The quantitative estimate of drug-likeness (QED) is 0.580. The molecular formula is C13H21N3O2S. The lowest BCUT2D eigenvalue weighted by molar-refractivity contribution is -0.150. The fraction of sp³-hybridized carbons (Fsp3) is 0.615. The number of nitrogens with one attached hydrogen (secondary N) is 1. The summed E-state index contributed by atoms with van der Waals surface area (Å²) in [5.41, 5.74) is -0.639. The second-order valence-electron chi connectivity index (χ2n) is 4.23. The number of rotatable bonds is 8. The fourth-order valence-corrected chi connectivity index (χ4v) is 2.65. The van der Waals surface area contributed by atoms with Crippen LogP contribution in [-0.2, 0) is 9.53 Å². The van der Waals surface area contributed by atoms with Gasteiger partial charge >= 0.3 is 5.97 Å². The molecule has 6 heteroatoms. The predicted octanol–water partition coefficient (Wildman–Crippen LogP) is 1.89. The molecule has 0 saturated carbocycles. The fourth-order valence-electron chi connectivity index (χ4n) is 1.66. The molecular weight excluding hydrogens is 262 g/mol. The highest BCUT2D eigenvalue weighted by atomic mass is 32.2. The van der Waals surface area contributed by atoms with E-state index in [0.29, 0.717) is 13.0 Å². The first kappa shape index (κ1) is 15.9. The van der Waals surface area contributed by atoms with Gasteiger partial charge in [-0.3, -0.25) is 9.78 Å². The molecule has 0 fully saturated rings. The molecule has 0 aliphatic carbocycles. The average Bonchev–Trinajstić information content (AvgIpc) is 2.40. The summed E-state index contributed by atoms with van der Waals surface area (Å²) in [6.07, 6.45) is 5.71. The van der Waals surface area contributed by atoms with Crippen LogP contribution in [0.2, 0.25) is 0 Å². The molecule has 1 aromatic heterocycles. The molecule has 0 aromatic carbocycles. The molecule has 0 saturated heterocycles. The Labute approximate surface area is 118 Å². The van der Waals surface area contributed by atoms with Crippen molar-refractivity contribution in [2.45, 2.75) is 37.8 Å². The van der Waals surface area contributed by atoms with E-state index in [-0.39, 0.29) is 5.97 Å². The van der Waals surface area contributed by atoms with Gasteiger partial charge < -0.3 is 10.1 Å². The summed E-state index contributed by atoms with van der Waals surface area (Å²) in [6, 6.07) is 0. The summed E-state index contributed by atoms with van der Waals surface area (Å²) >= 11 is 1.59. The second kappa shape index (κ2) is 8.12. The lowest BCUT2D eigenvalue weighted by Gasteiger charge is -2.27. The highest BCUT2D eigenvalue weighted by Crippen LogP contribution is 2.20. The van der Waals surface area contributed by atoms with Crippen LogP contribution in [0.5, 0.6) is 0 Å². The number of aromatic nitrogens is 2. The van der Waals surface area contributed by atoms with Crippen LogP contribution in [0.15, 0.2) is 23.6 Å². The smallest absolute Gasteiger partial charge is 0.326 e. The molecule has 0 spiro atoms. The number of hydrogen-bond donors (Lipinski definition) is 1. The summed E-state index contributed by atoms with van der Waals surface area (Å²) in [5.74, 6) is 0.581. The Kier molecular flexibility index (Phi) is 6.80. The van der Waals surface area contributed by atoms with Gasteiger partial charge in [-0.15, -0.1) is 11.8 Å². The summed E-state index contributed by atoms with van der Waals surface area (Å²) in [4.78, 5) is 20.2. The van der Waals surface area contributed by atoms with Gasteiger partial charge in [0, 0.05) is 18.1 Å². The number of carbonyl (C=O) groups excluding carboxylic acids is 1. The molecule has 0 bridgehead atoms. The molecule has 0 amide bonds. The van der Waals surface area contributed by atoms with Crippen molar-refractivity contribution in [2.24, 2.45) is 0 Å². The van der Waals surface area contributed by atoms with Crippen LogP contribution in [0.25, 0.3) is 0 Å². The first-order valence-electron chi connectivity index (χ1n) is 6.43. The highest BCUT2D eigenvalue weighted by Gasteiger charge is 2.33. The van der Waals surface area contributed by atoms with Crippen molar-refractivity contribution in [3.63, 3.8) is 0 Å². The second-order valence-corrected chi connectivity index (χ2v) is 5.34. The molecule has 0 radical (unpaired) electrons. The first-order valence-corrected chi connectivity index (χ1v) is 7.42. The number of esters is 1. The van der Waals surface area contributed by atoms with E-state index in [4.69, 9.17) is 4.74 Å². The molecule has 106 valence electrons. The Bertz CT molecular complexity index is 389. The number of hydrogen-bond acceptors (Lipinski definition) is 6. The molecule has 0 aliphatic heterocycles. The standard InChI is InChI=1S/C13H21N3O2S/c1-4-16-13(3,12(17)18-5-2)6-9-19-11-10-14-7-8-15-11/h7-8,10,16H,4-6,9H2,1-3H3. The van der Waals surface area contributed by atoms with Gasteiger partial charge in [-0.1, -0.05) is 6.92 Å². The zero-order chi connectivity index (χ0) is 14.1. The Morgan fingerprint density at radius 1 is 1.47 bits per heavy atom. The predicted molar refractivity (Wildman–Crippen MR) is 76.1 cm³/mol. The zero-order valence-electron chi connectivity index (χ0n) is 11.7. The summed E-state index contributed by atoms with van der Waals surface area (Å²) in [7, 11) is 0. The van der Waals surface area contributed by atoms with Gasteiger partial charge in [0.05, 0.1) is 12.8 Å². The van der Waals surface area contributed by atoms with Gasteiger partial charge in [-0.05, 0) is 26.8 Å². The molecule has 5 nitrogen and oxygen atoms in total. The summed E-state index contributed by atoms with van der Waals surface area (Å²) in [5, 5.41) is 4.07. The minimum Gasteiger partial charge on any atom is -0.465 e. The minimum atomic E-state index is -0.639. The monoisotopic (exact) mass is 283 g/mol. The third kappa shape index (κ3) is 5.16. The van der Waals surface area contributed by atoms with Crippen LogP contribution >= 0.6 is 11.8 Å². The maximum absolute atomic E-state index is 12.0. The normalized spacial score (nSPS) is 13.8. The van der Waals surface area contributed by atoms with Crippen molar-refractivity contribution in [3.8, 4) is 0 Å². The van der Waals surface area contributed by atoms with Gasteiger partial charge in [0.15, 0.2) is 0 Å². The number of carbonyl (C=O) groups is 1. The minimum absolute atomic E-state index is 0.198. The number of thioether (sulfide) groups is 1. The Morgan fingerprint density at radius 3 is 2.84 bits per heavy atom. The van der Waals surface area contributed by atoms with Gasteiger partial charge in [-0.25, -0.2) is 4.98 Å². The van der Waals surface area contributed by atoms with E-state index in [1.807, 2.05) is 20.8 Å². The largest absolute Gasteiger partial charge is 0.465 e. The average molecular weight is 283 g/mol. The van der Waals surface area contributed by atoms with Crippen LogP contribution in [0, 0.1) is 0 Å². The van der Waals surface area contributed by atoms with Gasteiger partial charge in [0.1, 0.15) is 10.6 Å². The summed E-state index contributed by atoms with van der Waals surface area (Å²) < 4.78 is 5.12. The molecule has 0 aliphatic rings. The highest BCUT2D eigenvalue weighted by molar-refractivity contribution is 7.99. The van der Waals surface area contributed by atoms with E-state index in [1.54, 1.807) is 30.4 Å². The van der Waals surface area contributed by atoms with Crippen molar-refractivity contribution in [1.82, 2.24) is 15.3 Å². The number of nitrogens with zero attached hydrogens (tertiary/aromatic N) is 2. The molecule has 1 N–H and O–H groups in total. The maximum atomic E-state index is 12.0. The van der Waals surface area contributed by atoms with E-state index in [2.05, 4.69) is 15.3 Å². The number of likely N-dealkylation sites (N-methyl/N-ethyl adjacent to an activating group) is 1. The van der Waals surface area contributed by atoms with Gasteiger partial charge in [0.2, 0.25) is 0 Å². The number of ether oxygens (including phenoxy) is 1. The van der Waals surface area contributed by atoms with Crippen LogP contribution in [-0.4, -0.2) is 40.4 Å². The van der Waals surface area contributed by atoms with Crippen molar-refractivity contribution in [2.75, 3.05) is 18.9 Å². The first-order chi connectivity index (χ1) is 9.12. The Balaban J connectivity index is 2.51. The molecule has 1 atom stereocenters. The lowest BCUT2D eigenvalue weighted by atomic mass is 9.99. The topological polar surface area (TPSA) is 64.1 Å². The van der Waals surface area contributed by atoms with Gasteiger partial charge in [-0.2, -0.15) is 0 Å². The zero-order valence-corrected chi connectivity index (χ0v) is 12.5. The van der Waals surface area contributed by atoms with E-state index in [0.717, 1.165) is 17.3 Å². The van der Waals surface area contributed by atoms with Crippen molar-refractivity contribution in [1.29, 1.82) is 0 Å². The molecule has 19 heavy (non-hydrogen) atoms.